The third-order valence-electron chi connectivity index (χ3n) is 6.00. The summed E-state index contributed by atoms with van der Waals surface area (Å²) in [7, 11) is 0. The molecule has 5 rings (SSSR count). The summed E-state index contributed by atoms with van der Waals surface area (Å²) < 4.78 is 0. The number of rotatable bonds is 4. The maximum Gasteiger partial charge on any atom is 0.243 e. The molecular formula is C19H20N4. The fourth-order valence-corrected chi connectivity index (χ4v) is 4.70. The van der Waals surface area contributed by atoms with Crippen molar-refractivity contribution in [2.45, 2.75) is 19.3 Å². The highest BCUT2D eigenvalue weighted by Crippen LogP contribution is 2.70. The summed E-state index contributed by atoms with van der Waals surface area (Å²) in [6.45, 7) is 0.952. The van der Waals surface area contributed by atoms with E-state index in [1.54, 1.807) is 6.20 Å². The maximum atomic E-state index is 4.62. The average molecular weight is 304 g/mol. The van der Waals surface area contributed by atoms with Crippen LogP contribution in [0.2, 0.25) is 0 Å². The summed E-state index contributed by atoms with van der Waals surface area (Å²) in [5.74, 6) is 2.96. The predicted molar refractivity (Wildman–Crippen MR) is 89.6 cm³/mol. The molecule has 2 fully saturated rings. The summed E-state index contributed by atoms with van der Waals surface area (Å²) in [6.07, 6.45) is 10.8. The van der Waals surface area contributed by atoms with Crippen LogP contribution in [0.3, 0.4) is 0 Å². The zero-order valence-corrected chi connectivity index (χ0v) is 13.0. The van der Waals surface area contributed by atoms with E-state index in [0.29, 0.717) is 11.4 Å². The molecule has 0 radical (unpaired) electrons. The average Bonchev–Trinajstić information content (AvgIpc) is 3.28. The van der Waals surface area contributed by atoms with Crippen molar-refractivity contribution in [1.82, 2.24) is 15.2 Å². The third-order valence-corrected chi connectivity index (χ3v) is 6.00. The van der Waals surface area contributed by atoms with Crippen molar-refractivity contribution >= 4 is 5.95 Å². The Bertz CT molecular complexity index is 751. The summed E-state index contributed by atoms with van der Waals surface area (Å²) >= 11 is 0. The van der Waals surface area contributed by atoms with E-state index in [4.69, 9.17) is 0 Å². The van der Waals surface area contributed by atoms with Gasteiger partial charge in [0.15, 0.2) is 0 Å². The van der Waals surface area contributed by atoms with Gasteiger partial charge in [0.1, 0.15) is 0 Å². The number of benzene rings is 1. The largest absolute Gasteiger partial charge is 0.353 e. The Hall–Kier alpha value is -2.23. The lowest BCUT2D eigenvalue weighted by atomic mass is 9.89. The van der Waals surface area contributed by atoms with Crippen LogP contribution in [0.5, 0.6) is 0 Å². The van der Waals surface area contributed by atoms with Crippen molar-refractivity contribution in [1.29, 1.82) is 0 Å². The van der Waals surface area contributed by atoms with Crippen LogP contribution in [0.25, 0.3) is 11.3 Å². The molecule has 2 bridgehead atoms. The Morgan fingerprint density at radius 2 is 2.00 bits per heavy atom. The summed E-state index contributed by atoms with van der Waals surface area (Å²) in [5, 5.41) is 11.7. The van der Waals surface area contributed by atoms with Crippen molar-refractivity contribution in [3.05, 3.63) is 48.7 Å². The van der Waals surface area contributed by atoms with Gasteiger partial charge in [-0.3, -0.25) is 0 Å². The molecule has 2 saturated carbocycles. The number of allylic oxidation sites excluding steroid dienone is 2. The van der Waals surface area contributed by atoms with E-state index in [1.165, 1.54) is 19.3 Å². The molecule has 1 N–H and O–H groups in total. The summed E-state index contributed by atoms with van der Waals surface area (Å²) in [6, 6.07) is 10.1. The van der Waals surface area contributed by atoms with E-state index in [1.807, 2.05) is 30.3 Å². The van der Waals surface area contributed by atoms with Crippen LogP contribution in [0, 0.1) is 23.2 Å². The van der Waals surface area contributed by atoms with Crippen molar-refractivity contribution in [3.63, 3.8) is 0 Å². The van der Waals surface area contributed by atoms with E-state index < -0.39 is 0 Å². The maximum absolute atomic E-state index is 4.62. The SMILES string of the molecule is C1=C[C@H]2[C@H](CNc3nncc(-c4ccccc4)n3)C[C@H]1C21CC1. The Morgan fingerprint density at radius 1 is 1.13 bits per heavy atom. The minimum atomic E-state index is 0.642. The summed E-state index contributed by atoms with van der Waals surface area (Å²) in [4.78, 5) is 4.62. The second-order valence-corrected chi connectivity index (χ2v) is 7.16. The van der Waals surface area contributed by atoms with Gasteiger partial charge >= 0.3 is 0 Å². The molecule has 0 amide bonds. The molecule has 116 valence electrons. The van der Waals surface area contributed by atoms with Gasteiger partial charge in [-0.2, -0.15) is 5.10 Å². The molecule has 0 saturated heterocycles. The van der Waals surface area contributed by atoms with Crippen LogP contribution >= 0.6 is 0 Å². The highest BCUT2D eigenvalue weighted by Gasteiger charge is 2.62. The smallest absolute Gasteiger partial charge is 0.243 e. The molecule has 3 aliphatic rings. The fourth-order valence-electron chi connectivity index (χ4n) is 4.70. The fraction of sp³-hybridized carbons (Fsp3) is 0.421. The molecule has 1 heterocycles. The second-order valence-electron chi connectivity index (χ2n) is 7.16. The Labute approximate surface area is 136 Å². The summed E-state index contributed by atoms with van der Waals surface area (Å²) in [5.41, 5.74) is 2.59. The van der Waals surface area contributed by atoms with E-state index >= 15 is 0 Å². The molecule has 0 unspecified atom stereocenters. The minimum absolute atomic E-state index is 0.642. The van der Waals surface area contributed by atoms with Gasteiger partial charge in [0.05, 0.1) is 11.9 Å². The first-order valence-electron chi connectivity index (χ1n) is 8.52. The molecule has 1 aromatic heterocycles. The molecule has 3 aliphatic carbocycles. The van der Waals surface area contributed by atoms with Gasteiger partial charge in [-0.05, 0) is 42.4 Å². The van der Waals surface area contributed by atoms with Crippen LogP contribution in [-0.2, 0) is 0 Å². The zero-order valence-electron chi connectivity index (χ0n) is 13.0. The number of nitrogens with one attached hydrogen (secondary N) is 1. The molecular weight excluding hydrogens is 284 g/mol. The van der Waals surface area contributed by atoms with Crippen molar-refractivity contribution < 1.29 is 0 Å². The molecule has 1 spiro atoms. The van der Waals surface area contributed by atoms with Crippen molar-refractivity contribution in [2.24, 2.45) is 23.2 Å². The predicted octanol–water partition coefficient (Wildman–Crippen LogP) is 3.55. The lowest BCUT2D eigenvalue weighted by Gasteiger charge is -2.20. The first-order chi connectivity index (χ1) is 11.4. The lowest BCUT2D eigenvalue weighted by Crippen LogP contribution is -2.21. The molecule has 1 aromatic carbocycles. The number of aromatic nitrogens is 3. The quantitative estimate of drug-likeness (QED) is 0.878. The Kier molecular flexibility index (Phi) is 2.81. The topological polar surface area (TPSA) is 50.7 Å². The first-order valence-corrected chi connectivity index (χ1v) is 8.52. The highest BCUT2D eigenvalue weighted by atomic mass is 15.2. The van der Waals surface area contributed by atoms with E-state index in [-0.39, 0.29) is 0 Å². The van der Waals surface area contributed by atoms with Gasteiger partial charge in [-0.25, -0.2) is 4.98 Å². The molecule has 3 atom stereocenters. The Balaban J connectivity index is 1.30. The van der Waals surface area contributed by atoms with Crippen molar-refractivity contribution in [2.75, 3.05) is 11.9 Å². The highest BCUT2D eigenvalue weighted by molar-refractivity contribution is 5.58. The monoisotopic (exact) mass is 304 g/mol. The Morgan fingerprint density at radius 3 is 2.78 bits per heavy atom. The normalized spacial score (nSPS) is 29.1. The van der Waals surface area contributed by atoms with Gasteiger partial charge < -0.3 is 5.32 Å². The van der Waals surface area contributed by atoms with Crippen LogP contribution in [0.4, 0.5) is 5.95 Å². The third kappa shape index (κ3) is 2.08. The molecule has 23 heavy (non-hydrogen) atoms. The number of anilines is 1. The van der Waals surface area contributed by atoms with E-state index in [2.05, 4.69) is 32.7 Å². The minimum Gasteiger partial charge on any atom is -0.353 e. The van der Waals surface area contributed by atoms with Crippen molar-refractivity contribution in [3.8, 4) is 11.3 Å². The molecule has 0 aliphatic heterocycles. The second kappa shape index (κ2) is 4.88. The lowest BCUT2D eigenvalue weighted by molar-refractivity contribution is 0.370. The molecule has 2 aromatic rings. The van der Waals surface area contributed by atoms with Crippen LogP contribution in [0.1, 0.15) is 19.3 Å². The zero-order chi connectivity index (χ0) is 15.3. The number of hydrogen-bond acceptors (Lipinski definition) is 4. The van der Waals surface area contributed by atoms with Gasteiger partial charge in [-0.1, -0.05) is 42.5 Å². The first kappa shape index (κ1) is 13.2. The molecule has 4 heteroatoms. The van der Waals surface area contributed by atoms with Crippen LogP contribution in [0.15, 0.2) is 48.7 Å². The van der Waals surface area contributed by atoms with Gasteiger partial charge in [0.25, 0.3) is 0 Å². The van der Waals surface area contributed by atoms with E-state index in [0.717, 1.165) is 35.6 Å². The van der Waals surface area contributed by atoms with Crippen LogP contribution < -0.4 is 5.32 Å². The standard InChI is InChI=1S/C19H20N4/c1-2-4-13(5-3-1)17-12-21-23-18(22-17)20-11-14-10-15-6-7-16(14)19(15)8-9-19/h1-7,12,14-16H,8-11H2,(H,20,22,23)/t14-,15-,16-/m0/s1. The molecule has 4 nitrogen and oxygen atoms in total. The van der Waals surface area contributed by atoms with E-state index in [9.17, 15) is 0 Å². The van der Waals surface area contributed by atoms with Gasteiger partial charge in [-0.15, -0.1) is 5.10 Å². The van der Waals surface area contributed by atoms with Gasteiger partial charge in [0, 0.05) is 12.1 Å². The number of hydrogen-bond donors (Lipinski definition) is 1. The van der Waals surface area contributed by atoms with Crippen LogP contribution in [-0.4, -0.2) is 21.7 Å². The number of nitrogens with zero attached hydrogens (tertiary/aromatic N) is 3. The van der Waals surface area contributed by atoms with Gasteiger partial charge in [0.2, 0.25) is 5.95 Å².